The number of hydrogen-bond acceptors (Lipinski definition) is 5. The number of halogens is 1. The molecule has 0 fully saturated rings. The molecule has 0 aliphatic rings. The number of carbonyl (C=O) groups is 1. The largest absolute Gasteiger partial charge is 0.497 e. The van der Waals surface area contributed by atoms with Gasteiger partial charge in [-0.2, -0.15) is 0 Å². The number of hydrogen-bond donors (Lipinski definition) is 1. The normalized spacial score (nSPS) is 10.5. The van der Waals surface area contributed by atoms with Gasteiger partial charge in [0.2, 0.25) is 5.91 Å². The van der Waals surface area contributed by atoms with Gasteiger partial charge in [0.05, 0.1) is 12.9 Å². The van der Waals surface area contributed by atoms with Crippen molar-refractivity contribution in [3.8, 4) is 5.75 Å². The first-order chi connectivity index (χ1) is 12.6. The Balaban J connectivity index is 1.49. The number of nitrogens with zero attached hydrogens (tertiary/aromatic N) is 1. The minimum atomic E-state index is -0.0599. The maximum atomic E-state index is 12.1. The highest BCUT2D eigenvalue weighted by Crippen LogP contribution is 2.24. The van der Waals surface area contributed by atoms with Crippen molar-refractivity contribution in [2.45, 2.75) is 11.3 Å². The van der Waals surface area contributed by atoms with E-state index in [1.54, 1.807) is 7.11 Å². The summed E-state index contributed by atoms with van der Waals surface area (Å²) in [6, 6.07) is 15.9. The summed E-state index contributed by atoms with van der Waals surface area (Å²) in [7, 11) is 1.63. The van der Waals surface area contributed by atoms with Gasteiger partial charge in [0.1, 0.15) is 5.75 Å². The van der Waals surface area contributed by atoms with E-state index in [4.69, 9.17) is 4.74 Å². The lowest BCUT2D eigenvalue weighted by Gasteiger charge is -2.03. The van der Waals surface area contributed by atoms with Crippen LogP contribution >= 0.6 is 39.0 Å². The Hall–Kier alpha value is -1.83. The average molecular weight is 449 g/mol. The first kappa shape index (κ1) is 18.9. The lowest BCUT2D eigenvalue weighted by Crippen LogP contribution is -2.13. The highest BCUT2D eigenvalue weighted by molar-refractivity contribution is 9.10. The monoisotopic (exact) mass is 448 g/mol. The molecule has 0 saturated carbocycles. The van der Waals surface area contributed by atoms with Crippen LogP contribution < -0.4 is 10.1 Å². The molecule has 3 rings (SSSR count). The van der Waals surface area contributed by atoms with E-state index in [1.807, 2.05) is 42.6 Å². The number of methoxy groups -OCH3 is 1. The minimum Gasteiger partial charge on any atom is -0.497 e. The molecule has 4 nitrogen and oxygen atoms in total. The zero-order valence-corrected chi connectivity index (χ0v) is 17.3. The van der Waals surface area contributed by atoms with E-state index in [9.17, 15) is 4.79 Å². The second-order valence-electron chi connectivity index (χ2n) is 5.45. The average Bonchev–Trinajstić information content (AvgIpc) is 3.09. The van der Waals surface area contributed by atoms with E-state index in [1.165, 1.54) is 28.7 Å². The van der Waals surface area contributed by atoms with Gasteiger partial charge in [0.15, 0.2) is 5.13 Å². The number of amides is 1. The van der Waals surface area contributed by atoms with Gasteiger partial charge < -0.3 is 10.1 Å². The zero-order chi connectivity index (χ0) is 18.4. The van der Waals surface area contributed by atoms with Gasteiger partial charge in [-0.25, -0.2) is 4.98 Å². The molecule has 7 heteroatoms. The summed E-state index contributed by atoms with van der Waals surface area (Å²) in [4.78, 5) is 18.6. The van der Waals surface area contributed by atoms with Crippen molar-refractivity contribution in [3.05, 3.63) is 69.6 Å². The molecule has 1 heterocycles. The van der Waals surface area contributed by atoms with Crippen LogP contribution in [0.25, 0.3) is 0 Å². The number of thioether (sulfide) groups is 1. The fourth-order valence-corrected chi connectivity index (χ4v) is 4.05. The van der Waals surface area contributed by atoms with Gasteiger partial charge in [-0.05, 0) is 42.0 Å². The summed E-state index contributed by atoms with van der Waals surface area (Å²) in [5.74, 6) is 1.09. The summed E-state index contributed by atoms with van der Waals surface area (Å²) < 4.78 is 6.19. The molecule has 1 N–H and O–H groups in total. The first-order valence-corrected chi connectivity index (χ1v) is 10.5. The summed E-state index contributed by atoms with van der Waals surface area (Å²) in [6.45, 7) is 0. The van der Waals surface area contributed by atoms with Crippen molar-refractivity contribution in [1.82, 2.24) is 4.98 Å². The smallest absolute Gasteiger partial charge is 0.236 e. The van der Waals surface area contributed by atoms with E-state index in [2.05, 4.69) is 38.4 Å². The van der Waals surface area contributed by atoms with Gasteiger partial charge >= 0.3 is 0 Å². The molecule has 0 unspecified atom stereocenters. The molecule has 26 heavy (non-hydrogen) atoms. The maximum Gasteiger partial charge on any atom is 0.236 e. The first-order valence-electron chi connectivity index (χ1n) is 7.88. The van der Waals surface area contributed by atoms with Crippen molar-refractivity contribution in [3.63, 3.8) is 0 Å². The predicted octanol–water partition coefficient (Wildman–Crippen LogP) is 5.24. The molecule has 2 aromatic carbocycles. The van der Waals surface area contributed by atoms with Crippen LogP contribution in [0.4, 0.5) is 5.13 Å². The second kappa shape index (κ2) is 9.21. The summed E-state index contributed by atoms with van der Waals surface area (Å²) in [5, 5.41) is 3.50. The molecule has 0 spiro atoms. The topological polar surface area (TPSA) is 51.2 Å². The van der Waals surface area contributed by atoms with Crippen LogP contribution in [0.2, 0.25) is 0 Å². The van der Waals surface area contributed by atoms with Gasteiger partial charge in [0.25, 0.3) is 0 Å². The lowest BCUT2D eigenvalue weighted by molar-refractivity contribution is -0.113. The van der Waals surface area contributed by atoms with Crippen LogP contribution in [0.3, 0.4) is 0 Å². The van der Waals surface area contributed by atoms with Crippen LogP contribution in [-0.4, -0.2) is 23.8 Å². The molecule has 0 aliphatic heterocycles. The molecule has 3 aromatic rings. The van der Waals surface area contributed by atoms with Crippen LogP contribution in [0.1, 0.15) is 10.4 Å². The Morgan fingerprint density at radius 1 is 1.19 bits per heavy atom. The number of benzene rings is 2. The van der Waals surface area contributed by atoms with Gasteiger partial charge in [-0.15, -0.1) is 23.1 Å². The van der Waals surface area contributed by atoms with E-state index in [-0.39, 0.29) is 5.91 Å². The lowest BCUT2D eigenvalue weighted by atomic mass is 10.1. The van der Waals surface area contributed by atoms with Crippen LogP contribution in [0, 0.1) is 0 Å². The maximum absolute atomic E-state index is 12.1. The number of anilines is 1. The molecule has 1 aromatic heterocycles. The molecule has 0 atom stereocenters. The van der Waals surface area contributed by atoms with E-state index in [0.717, 1.165) is 26.4 Å². The summed E-state index contributed by atoms with van der Waals surface area (Å²) in [5.41, 5.74) is 1.21. The summed E-state index contributed by atoms with van der Waals surface area (Å²) >= 11 is 6.42. The Morgan fingerprint density at radius 2 is 1.92 bits per heavy atom. The molecule has 0 aliphatic carbocycles. The fraction of sp³-hybridized carbons (Fsp3) is 0.158. The third kappa shape index (κ3) is 5.59. The van der Waals surface area contributed by atoms with Crippen LogP contribution in [0.15, 0.2) is 64.1 Å². The zero-order valence-electron chi connectivity index (χ0n) is 14.1. The number of ether oxygens (including phenoxy) is 1. The third-order valence-electron chi connectivity index (χ3n) is 3.52. The van der Waals surface area contributed by atoms with E-state index < -0.39 is 0 Å². The molecule has 1 amide bonds. The number of carbonyl (C=O) groups excluding carboxylic acids is 1. The SMILES string of the molecule is COc1ccc(SCC(=O)Nc2ncc(Cc3ccc(Br)cc3)s2)cc1. The highest BCUT2D eigenvalue weighted by atomic mass is 79.9. The van der Waals surface area contributed by atoms with Gasteiger partial charge in [0, 0.05) is 26.9 Å². The quantitative estimate of drug-likeness (QED) is 0.502. The van der Waals surface area contributed by atoms with Crippen molar-refractivity contribution in [2.24, 2.45) is 0 Å². The van der Waals surface area contributed by atoms with Crippen LogP contribution in [0.5, 0.6) is 5.75 Å². The standard InChI is InChI=1S/C19H17BrN2O2S2/c1-24-15-6-8-16(9-7-15)25-12-18(23)22-19-21-11-17(26-19)10-13-2-4-14(20)5-3-13/h2-9,11H,10,12H2,1H3,(H,21,22,23). The molecule has 0 saturated heterocycles. The number of nitrogens with one attached hydrogen (secondary N) is 1. The van der Waals surface area contributed by atoms with Crippen molar-refractivity contribution in [2.75, 3.05) is 18.2 Å². The molecule has 0 bridgehead atoms. The van der Waals surface area contributed by atoms with Gasteiger partial charge in [-0.1, -0.05) is 28.1 Å². The summed E-state index contributed by atoms with van der Waals surface area (Å²) in [6.07, 6.45) is 2.63. The molecular weight excluding hydrogens is 432 g/mol. The van der Waals surface area contributed by atoms with Crippen molar-refractivity contribution >= 4 is 50.1 Å². The predicted molar refractivity (Wildman–Crippen MR) is 111 cm³/mol. The Morgan fingerprint density at radius 3 is 2.62 bits per heavy atom. The van der Waals surface area contributed by atoms with E-state index >= 15 is 0 Å². The third-order valence-corrected chi connectivity index (χ3v) is 5.97. The second-order valence-corrected chi connectivity index (χ2v) is 8.53. The van der Waals surface area contributed by atoms with Crippen molar-refractivity contribution < 1.29 is 9.53 Å². The Kier molecular flexibility index (Phi) is 6.71. The Bertz CT molecular complexity index is 864. The Labute approximate surface area is 169 Å². The van der Waals surface area contributed by atoms with Crippen molar-refractivity contribution in [1.29, 1.82) is 0 Å². The number of aromatic nitrogens is 1. The van der Waals surface area contributed by atoms with Gasteiger partial charge in [-0.3, -0.25) is 4.79 Å². The molecular formula is C19H17BrN2O2S2. The molecule has 0 radical (unpaired) electrons. The number of rotatable bonds is 7. The van der Waals surface area contributed by atoms with Crippen LogP contribution in [-0.2, 0) is 11.2 Å². The highest BCUT2D eigenvalue weighted by Gasteiger charge is 2.08. The van der Waals surface area contributed by atoms with E-state index in [0.29, 0.717) is 10.9 Å². The minimum absolute atomic E-state index is 0.0599. The fourth-order valence-electron chi connectivity index (χ4n) is 2.23. The molecule has 134 valence electrons. The number of thiazole rings is 1.